The van der Waals surface area contributed by atoms with E-state index in [2.05, 4.69) is 0 Å². The SMILES string of the molecule is CCN(CC(C)C#N)S(=O)(=O)c1cc(C(=O)O)ccc1Cl. The second kappa shape index (κ2) is 6.89. The molecule has 114 valence electrons. The first-order valence-corrected chi connectivity index (χ1v) is 7.98. The van der Waals surface area contributed by atoms with E-state index in [1.54, 1.807) is 13.8 Å². The minimum atomic E-state index is -3.96. The molecule has 1 rings (SSSR count). The molecule has 1 aromatic carbocycles. The first-order chi connectivity index (χ1) is 9.73. The molecule has 1 unspecified atom stereocenters. The number of carbonyl (C=O) groups is 1. The zero-order chi connectivity index (χ0) is 16.2. The van der Waals surface area contributed by atoms with Crippen molar-refractivity contribution in [1.29, 1.82) is 5.26 Å². The summed E-state index contributed by atoms with van der Waals surface area (Å²) in [5.74, 6) is -1.72. The van der Waals surface area contributed by atoms with Crippen LogP contribution in [0.25, 0.3) is 0 Å². The molecule has 0 radical (unpaired) electrons. The number of halogens is 1. The summed E-state index contributed by atoms with van der Waals surface area (Å²) >= 11 is 5.89. The van der Waals surface area contributed by atoms with Gasteiger partial charge in [-0.25, -0.2) is 13.2 Å². The summed E-state index contributed by atoms with van der Waals surface area (Å²) in [5.41, 5.74) is -0.164. The van der Waals surface area contributed by atoms with Crippen LogP contribution in [0.15, 0.2) is 23.1 Å². The van der Waals surface area contributed by atoms with Crippen LogP contribution in [0.1, 0.15) is 24.2 Å². The molecule has 0 aliphatic carbocycles. The molecule has 0 aliphatic rings. The van der Waals surface area contributed by atoms with Crippen molar-refractivity contribution >= 4 is 27.6 Å². The lowest BCUT2D eigenvalue weighted by Gasteiger charge is -2.22. The summed E-state index contributed by atoms with van der Waals surface area (Å²) < 4.78 is 26.2. The van der Waals surface area contributed by atoms with Crippen molar-refractivity contribution in [3.8, 4) is 6.07 Å². The topological polar surface area (TPSA) is 98.5 Å². The highest BCUT2D eigenvalue weighted by molar-refractivity contribution is 7.89. The number of nitriles is 1. The summed E-state index contributed by atoms with van der Waals surface area (Å²) in [7, 11) is -3.96. The lowest BCUT2D eigenvalue weighted by molar-refractivity contribution is 0.0696. The van der Waals surface area contributed by atoms with Crippen LogP contribution in [0.3, 0.4) is 0 Å². The van der Waals surface area contributed by atoms with Crippen LogP contribution < -0.4 is 0 Å². The summed E-state index contributed by atoms with van der Waals surface area (Å²) in [6, 6.07) is 5.46. The van der Waals surface area contributed by atoms with Gasteiger partial charge < -0.3 is 5.11 Å². The van der Waals surface area contributed by atoms with Gasteiger partial charge in [-0.3, -0.25) is 0 Å². The Kier molecular flexibility index (Phi) is 5.72. The molecule has 8 heteroatoms. The molecule has 0 bridgehead atoms. The quantitative estimate of drug-likeness (QED) is 0.862. The summed E-state index contributed by atoms with van der Waals surface area (Å²) in [6.45, 7) is 3.41. The van der Waals surface area contributed by atoms with Crippen LogP contribution in [-0.4, -0.2) is 36.9 Å². The standard InChI is InChI=1S/C13H15ClN2O4S/c1-3-16(8-9(2)7-15)21(19,20)12-6-10(13(17)18)4-5-11(12)14/h4-6,9H,3,8H2,1-2H3,(H,17,18). The molecule has 0 heterocycles. The number of nitrogens with zero attached hydrogens (tertiary/aromatic N) is 2. The van der Waals surface area contributed by atoms with Gasteiger partial charge >= 0.3 is 5.97 Å². The number of hydrogen-bond acceptors (Lipinski definition) is 4. The van der Waals surface area contributed by atoms with Gasteiger partial charge in [0.1, 0.15) is 4.90 Å². The first kappa shape index (κ1) is 17.4. The van der Waals surface area contributed by atoms with Crippen LogP contribution in [0.4, 0.5) is 0 Å². The fourth-order valence-electron chi connectivity index (χ4n) is 1.72. The van der Waals surface area contributed by atoms with Gasteiger partial charge in [0.05, 0.1) is 22.6 Å². The van der Waals surface area contributed by atoms with Crippen LogP contribution in [0.5, 0.6) is 0 Å². The number of rotatable bonds is 6. The Morgan fingerprint density at radius 2 is 2.14 bits per heavy atom. The minimum absolute atomic E-state index is 0.0168. The third kappa shape index (κ3) is 3.94. The Hall–Kier alpha value is -1.62. The second-order valence-corrected chi connectivity index (χ2v) is 6.75. The van der Waals surface area contributed by atoms with E-state index in [0.717, 1.165) is 10.4 Å². The van der Waals surface area contributed by atoms with E-state index in [4.69, 9.17) is 22.0 Å². The van der Waals surface area contributed by atoms with E-state index >= 15 is 0 Å². The molecule has 1 atom stereocenters. The van der Waals surface area contributed by atoms with Crippen molar-refractivity contribution in [2.75, 3.05) is 13.1 Å². The van der Waals surface area contributed by atoms with Crippen LogP contribution in [0.2, 0.25) is 5.02 Å². The van der Waals surface area contributed by atoms with Gasteiger partial charge in [-0.2, -0.15) is 9.57 Å². The molecular formula is C13H15ClN2O4S. The fourth-order valence-corrected chi connectivity index (χ4v) is 3.75. The van der Waals surface area contributed by atoms with E-state index in [-0.39, 0.29) is 28.6 Å². The maximum atomic E-state index is 12.5. The number of hydrogen-bond donors (Lipinski definition) is 1. The summed E-state index contributed by atoms with van der Waals surface area (Å²) in [6.07, 6.45) is 0. The zero-order valence-electron chi connectivity index (χ0n) is 11.6. The normalized spacial score (nSPS) is 12.9. The molecule has 6 nitrogen and oxygen atoms in total. The summed E-state index contributed by atoms with van der Waals surface area (Å²) in [5, 5.41) is 17.7. The maximum absolute atomic E-state index is 12.5. The Bertz CT molecular complexity index is 682. The summed E-state index contributed by atoms with van der Waals surface area (Å²) in [4.78, 5) is 10.7. The van der Waals surface area contributed by atoms with Crippen molar-refractivity contribution in [3.63, 3.8) is 0 Å². The largest absolute Gasteiger partial charge is 0.478 e. The Morgan fingerprint density at radius 3 is 2.62 bits per heavy atom. The fraction of sp³-hybridized carbons (Fsp3) is 0.385. The van der Waals surface area contributed by atoms with Crippen molar-refractivity contribution in [3.05, 3.63) is 28.8 Å². The van der Waals surface area contributed by atoms with E-state index < -0.39 is 21.9 Å². The smallest absolute Gasteiger partial charge is 0.335 e. The predicted octanol–water partition coefficient (Wildman–Crippen LogP) is 2.21. The minimum Gasteiger partial charge on any atom is -0.478 e. The average molecular weight is 331 g/mol. The number of carboxylic acids is 1. The van der Waals surface area contributed by atoms with Crippen molar-refractivity contribution in [2.45, 2.75) is 18.7 Å². The number of aromatic carboxylic acids is 1. The van der Waals surface area contributed by atoms with Crippen molar-refractivity contribution in [2.24, 2.45) is 5.92 Å². The van der Waals surface area contributed by atoms with Gasteiger partial charge in [-0.15, -0.1) is 0 Å². The Labute approximate surface area is 128 Å². The molecule has 0 saturated carbocycles. The van der Waals surface area contributed by atoms with E-state index in [9.17, 15) is 13.2 Å². The van der Waals surface area contributed by atoms with Crippen molar-refractivity contribution in [1.82, 2.24) is 4.31 Å². The molecule has 0 aromatic heterocycles. The number of sulfonamides is 1. The third-order valence-electron chi connectivity index (χ3n) is 2.85. The van der Waals surface area contributed by atoms with Crippen molar-refractivity contribution < 1.29 is 18.3 Å². The number of carboxylic acid groups (broad SMARTS) is 1. The molecule has 0 amide bonds. The Morgan fingerprint density at radius 1 is 1.52 bits per heavy atom. The van der Waals surface area contributed by atoms with E-state index in [1.807, 2.05) is 6.07 Å². The predicted molar refractivity (Wildman–Crippen MR) is 77.6 cm³/mol. The van der Waals surface area contributed by atoms with Gasteiger partial charge in [0, 0.05) is 13.1 Å². The maximum Gasteiger partial charge on any atom is 0.335 e. The van der Waals surface area contributed by atoms with Gasteiger partial charge in [-0.05, 0) is 25.1 Å². The Balaban J connectivity index is 3.32. The number of benzene rings is 1. The van der Waals surface area contributed by atoms with Crippen LogP contribution in [0, 0.1) is 17.2 Å². The molecule has 0 fully saturated rings. The lowest BCUT2D eigenvalue weighted by Crippen LogP contribution is -2.34. The van der Waals surface area contributed by atoms with Crippen LogP contribution in [-0.2, 0) is 10.0 Å². The van der Waals surface area contributed by atoms with Crippen LogP contribution >= 0.6 is 11.6 Å². The monoisotopic (exact) mass is 330 g/mol. The second-order valence-electron chi connectivity index (χ2n) is 4.44. The highest BCUT2D eigenvalue weighted by Gasteiger charge is 2.27. The third-order valence-corrected chi connectivity index (χ3v) is 5.27. The molecule has 1 aromatic rings. The molecule has 0 aliphatic heterocycles. The van der Waals surface area contributed by atoms with E-state index in [0.29, 0.717) is 0 Å². The van der Waals surface area contributed by atoms with Gasteiger partial charge in [-0.1, -0.05) is 18.5 Å². The van der Waals surface area contributed by atoms with Gasteiger partial charge in [0.2, 0.25) is 10.0 Å². The molecule has 21 heavy (non-hydrogen) atoms. The molecule has 1 N–H and O–H groups in total. The highest BCUT2D eigenvalue weighted by atomic mass is 35.5. The first-order valence-electron chi connectivity index (χ1n) is 6.16. The molecule has 0 saturated heterocycles. The molecular weight excluding hydrogens is 316 g/mol. The van der Waals surface area contributed by atoms with E-state index in [1.165, 1.54) is 12.1 Å². The average Bonchev–Trinajstić information content (AvgIpc) is 2.44. The highest BCUT2D eigenvalue weighted by Crippen LogP contribution is 2.26. The lowest BCUT2D eigenvalue weighted by atomic mass is 10.2. The van der Waals surface area contributed by atoms with Gasteiger partial charge in [0.25, 0.3) is 0 Å². The van der Waals surface area contributed by atoms with Gasteiger partial charge in [0.15, 0.2) is 0 Å². The zero-order valence-corrected chi connectivity index (χ0v) is 13.1. The molecule has 0 spiro atoms.